The predicted octanol–water partition coefficient (Wildman–Crippen LogP) is 1.51. The molecule has 0 amide bonds. The van der Waals surface area contributed by atoms with Crippen LogP contribution in [0.5, 0.6) is 0 Å². The zero-order valence-electron chi connectivity index (χ0n) is 12.0. The van der Waals surface area contributed by atoms with E-state index in [1.165, 1.54) is 12.4 Å². The molecule has 0 atom stereocenters. The Morgan fingerprint density at radius 1 is 1.13 bits per heavy atom. The van der Waals surface area contributed by atoms with Gasteiger partial charge in [0.2, 0.25) is 5.95 Å². The summed E-state index contributed by atoms with van der Waals surface area (Å²) in [5.74, 6) is -0.0637. The molecule has 0 bridgehead atoms. The van der Waals surface area contributed by atoms with Crippen LogP contribution in [0.1, 0.15) is 30.0 Å². The summed E-state index contributed by atoms with van der Waals surface area (Å²) in [5.41, 5.74) is -0.946. The maximum Gasteiger partial charge on any atom is 0.419 e. The van der Waals surface area contributed by atoms with Crippen molar-refractivity contribution in [1.29, 1.82) is 0 Å². The number of alkyl halides is 3. The molecule has 0 aliphatic carbocycles. The summed E-state index contributed by atoms with van der Waals surface area (Å²) in [6, 6.07) is 0. The van der Waals surface area contributed by atoms with Gasteiger partial charge in [-0.1, -0.05) is 0 Å². The Bertz CT molecular complexity index is 735. The van der Waals surface area contributed by atoms with E-state index in [4.69, 9.17) is 0 Å². The second kappa shape index (κ2) is 6.07. The van der Waals surface area contributed by atoms with E-state index in [1.54, 1.807) is 0 Å². The molecule has 3 rings (SSSR count). The van der Waals surface area contributed by atoms with Crippen LogP contribution in [-0.4, -0.2) is 32.6 Å². The number of hydrogen-bond acceptors (Lipinski definition) is 5. The molecule has 0 radical (unpaired) electrons. The van der Waals surface area contributed by atoms with Gasteiger partial charge in [-0.25, -0.2) is 14.5 Å². The molecule has 2 aromatic rings. The van der Waals surface area contributed by atoms with Gasteiger partial charge in [0.05, 0.1) is 5.56 Å². The van der Waals surface area contributed by atoms with E-state index in [-0.39, 0.29) is 17.4 Å². The molecule has 1 saturated heterocycles. The van der Waals surface area contributed by atoms with Crippen LogP contribution in [0.2, 0.25) is 0 Å². The molecule has 2 aromatic heterocycles. The molecule has 9 heteroatoms. The first-order valence-corrected chi connectivity index (χ1v) is 7.14. The minimum absolute atomic E-state index is 0.0330. The molecule has 23 heavy (non-hydrogen) atoms. The Morgan fingerprint density at radius 3 is 2.39 bits per heavy atom. The van der Waals surface area contributed by atoms with Crippen LogP contribution in [0.3, 0.4) is 0 Å². The molecular formula is C14H14F3N5O. The van der Waals surface area contributed by atoms with Gasteiger partial charge in [0.1, 0.15) is 5.69 Å². The third-order valence-corrected chi connectivity index (χ3v) is 3.77. The molecule has 1 aliphatic rings. The van der Waals surface area contributed by atoms with E-state index in [0.717, 1.165) is 30.5 Å². The summed E-state index contributed by atoms with van der Waals surface area (Å²) in [5, 5.41) is 3.20. The highest BCUT2D eigenvalue weighted by atomic mass is 19.4. The second-order valence-electron chi connectivity index (χ2n) is 5.28. The number of halogens is 3. The largest absolute Gasteiger partial charge is 0.419 e. The lowest BCUT2D eigenvalue weighted by atomic mass is 9.95. The Morgan fingerprint density at radius 2 is 1.78 bits per heavy atom. The van der Waals surface area contributed by atoms with E-state index < -0.39 is 11.7 Å². The van der Waals surface area contributed by atoms with Gasteiger partial charge in [0.15, 0.2) is 0 Å². The average Bonchev–Trinajstić information content (AvgIpc) is 2.55. The zero-order valence-corrected chi connectivity index (χ0v) is 12.0. The van der Waals surface area contributed by atoms with Crippen molar-refractivity contribution in [2.45, 2.75) is 24.9 Å². The van der Waals surface area contributed by atoms with Gasteiger partial charge in [0, 0.05) is 30.7 Å². The topological polar surface area (TPSA) is 72.7 Å². The van der Waals surface area contributed by atoms with Gasteiger partial charge in [-0.05, 0) is 25.9 Å². The first kappa shape index (κ1) is 15.6. The summed E-state index contributed by atoms with van der Waals surface area (Å²) in [6.07, 6.45) is 1.20. The molecular weight excluding hydrogens is 311 g/mol. The van der Waals surface area contributed by atoms with Crippen LogP contribution in [-0.2, 0) is 6.18 Å². The fraction of sp³-hybridized carbons (Fsp3) is 0.429. The third kappa shape index (κ3) is 3.24. The van der Waals surface area contributed by atoms with Crippen LogP contribution < -0.4 is 10.9 Å². The highest BCUT2D eigenvalue weighted by Crippen LogP contribution is 2.28. The van der Waals surface area contributed by atoms with E-state index in [0.29, 0.717) is 18.1 Å². The quantitative estimate of drug-likeness (QED) is 0.906. The average molecular weight is 325 g/mol. The van der Waals surface area contributed by atoms with Crippen molar-refractivity contribution in [2.75, 3.05) is 13.1 Å². The van der Waals surface area contributed by atoms with E-state index >= 15 is 0 Å². The minimum Gasteiger partial charge on any atom is -0.317 e. The SMILES string of the molecule is O=c1c(C2CCNCC2)nccn1-c1ncc(C(F)(F)F)cn1. The third-order valence-electron chi connectivity index (χ3n) is 3.77. The van der Waals surface area contributed by atoms with Crippen molar-refractivity contribution in [2.24, 2.45) is 0 Å². The lowest BCUT2D eigenvalue weighted by Crippen LogP contribution is -2.32. The molecule has 6 nitrogen and oxygen atoms in total. The Kier molecular flexibility index (Phi) is 4.12. The molecule has 1 aliphatic heterocycles. The summed E-state index contributed by atoms with van der Waals surface area (Å²) in [7, 11) is 0. The zero-order chi connectivity index (χ0) is 16.4. The number of rotatable bonds is 2. The predicted molar refractivity (Wildman–Crippen MR) is 75.3 cm³/mol. The molecule has 122 valence electrons. The van der Waals surface area contributed by atoms with E-state index in [2.05, 4.69) is 20.3 Å². The van der Waals surface area contributed by atoms with Gasteiger partial charge in [-0.15, -0.1) is 0 Å². The van der Waals surface area contributed by atoms with Crippen LogP contribution in [0.15, 0.2) is 29.6 Å². The van der Waals surface area contributed by atoms with Gasteiger partial charge < -0.3 is 5.32 Å². The van der Waals surface area contributed by atoms with Crippen LogP contribution in [0.4, 0.5) is 13.2 Å². The molecule has 3 heterocycles. The first-order valence-electron chi connectivity index (χ1n) is 7.14. The monoisotopic (exact) mass is 325 g/mol. The molecule has 1 fully saturated rings. The van der Waals surface area contributed by atoms with Crippen LogP contribution >= 0.6 is 0 Å². The lowest BCUT2D eigenvalue weighted by molar-refractivity contribution is -0.138. The maximum atomic E-state index is 12.5. The standard InChI is InChI=1S/C14H14F3N5O/c15-14(16,17)10-7-20-13(21-8-10)22-6-5-19-11(12(22)23)9-1-3-18-4-2-9/h5-9,18H,1-4H2. The molecule has 0 saturated carbocycles. The number of hydrogen-bond donors (Lipinski definition) is 1. The number of nitrogens with one attached hydrogen (secondary N) is 1. The Hall–Kier alpha value is -2.29. The number of aromatic nitrogens is 4. The van der Waals surface area contributed by atoms with Crippen molar-refractivity contribution in [1.82, 2.24) is 24.8 Å². The molecule has 0 spiro atoms. The van der Waals surface area contributed by atoms with Crippen molar-refractivity contribution < 1.29 is 13.2 Å². The normalized spacial score (nSPS) is 16.5. The number of nitrogens with zero attached hydrogens (tertiary/aromatic N) is 4. The second-order valence-corrected chi connectivity index (χ2v) is 5.28. The summed E-state index contributed by atoms with van der Waals surface area (Å²) in [6.45, 7) is 1.61. The maximum absolute atomic E-state index is 12.5. The Labute approximate surface area is 129 Å². The van der Waals surface area contributed by atoms with Crippen molar-refractivity contribution in [3.05, 3.63) is 46.4 Å². The highest BCUT2D eigenvalue weighted by molar-refractivity contribution is 5.19. The van der Waals surface area contributed by atoms with Crippen molar-refractivity contribution in [3.8, 4) is 5.95 Å². The van der Waals surface area contributed by atoms with Crippen LogP contribution in [0.25, 0.3) is 5.95 Å². The molecule has 1 N–H and O–H groups in total. The van der Waals surface area contributed by atoms with Gasteiger partial charge in [-0.3, -0.25) is 9.78 Å². The van der Waals surface area contributed by atoms with Gasteiger partial charge in [0.25, 0.3) is 5.56 Å². The Balaban J connectivity index is 1.95. The smallest absolute Gasteiger partial charge is 0.317 e. The summed E-state index contributed by atoms with van der Waals surface area (Å²) in [4.78, 5) is 24.0. The van der Waals surface area contributed by atoms with E-state index in [1.807, 2.05) is 0 Å². The fourth-order valence-electron chi connectivity index (χ4n) is 2.55. The van der Waals surface area contributed by atoms with Gasteiger partial charge in [-0.2, -0.15) is 13.2 Å². The van der Waals surface area contributed by atoms with Crippen molar-refractivity contribution in [3.63, 3.8) is 0 Å². The van der Waals surface area contributed by atoms with E-state index in [9.17, 15) is 18.0 Å². The minimum atomic E-state index is -4.51. The summed E-state index contributed by atoms with van der Waals surface area (Å²) < 4.78 is 38.8. The fourth-order valence-corrected chi connectivity index (χ4v) is 2.55. The van der Waals surface area contributed by atoms with Crippen LogP contribution in [0, 0.1) is 0 Å². The van der Waals surface area contributed by atoms with Crippen molar-refractivity contribution >= 4 is 0 Å². The molecule has 0 aromatic carbocycles. The highest BCUT2D eigenvalue weighted by Gasteiger charge is 2.31. The first-order chi connectivity index (χ1) is 11.0. The number of piperidine rings is 1. The lowest BCUT2D eigenvalue weighted by Gasteiger charge is -2.21. The van der Waals surface area contributed by atoms with Gasteiger partial charge >= 0.3 is 6.18 Å². The molecule has 0 unspecified atom stereocenters. The summed E-state index contributed by atoms with van der Waals surface area (Å²) >= 11 is 0.